The van der Waals surface area contributed by atoms with Crippen LogP contribution in [-0.2, 0) is 4.79 Å². The van der Waals surface area contributed by atoms with E-state index >= 15 is 0 Å². The lowest BCUT2D eigenvalue weighted by Crippen LogP contribution is -2.22. The Kier molecular flexibility index (Phi) is 5.31. The monoisotopic (exact) mass is 326 g/mol. The fourth-order valence-corrected chi connectivity index (χ4v) is 2.11. The first-order chi connectivity index (χ1) is 11.4. The third kappa shape index (κ3) is 4.42. The van der Waals surface area contributed by atoms with Gasteiger partial charge in [0, 0.05) is 11.3 Å². The second kappa shape index (κ2) is 7.41. The van der Waals surface area contributed by atoms with Gasteiger partial charge in [0.1, 0.15) is 5.75 Å². The Labute approximate surface area is 139 Å². The third-order valence-corrected chi connectivity index (χ3v) is 3.31. The van der Waals surface area contributed by atoms with E-state index in [1.165, 1.54) is 6.92 Å². The van der Waals surface area contributed by atoms with Gasteiger partial charge in [0.05, 0.1) is 5.56 Å². The lowest BCUT2D eigenvalue weighted by molar-refractivity contribution is -0.118. The van der Waals surface area contributed by atoms with Crippen molar-refractivity contribution in [2.75, 3.05) is 11.9 Å². The van der Waals surface area contributed by atoms with Crippen molar-refractivity contribution in [3.05, 3.63) is 59.2 Å². The molecule has 0 aliphatic heterocycles. The summed E-state index contributed by atoms with van der Waals surface area (Å²) in [5, 5.41) is 2.64. The molecule has 0 spiro atoms. The first kappa shape index (κ1) is 17.2. The summed E-state index contributed by atoms with van der Waals surface area (Å²) in [4.78, 5) is 34.7. The van der Waals surface area contributed by atoms with E-state index in [1.54, 1.807) is 42.5 Å². The molecule has 2 aromatic rings. The summed E-state index contributed by atoms with van der Waals surface area (Å²) in [5.74, 6) is -0.865. The van der Waals surface area contributed by atoms with Crippen molar-refractivity contribution < 1.29 is 19.1 Å². The first-order valence-electron chi connectivity index (χ1n) is 7.31. The molecule has 0 heterocycles. The van der Waals surface area contributed by atoms with Crippen molar-refractivity contribution in [1.29, 1.82) is 0 Å². The number of carbonyl (C=O) groups excluding carboxylic acids is 3. The topological polar surface area (TPSA) is 98.5 Å². The lowest BCUT2D eigenvalue weighted by Gasteiger charge is -2.11. The van der Waals surface area contributed by atoms with Crippen LogP contribution < -0.4 is 15.8 Å². The largest absolute Gasteiger partial charge is 0.483 e. The van der Waals surface area contributed by atoms with E-state index in [2.05, 4.69) is 5.32 Å². The number of hydrogen-bond acceptors (Lipinski definition) is 4. The molecule has 6 heteroatoms. The van der Waals surface area contributed by atoms with Gasteiger partial charge >= 0.3 is 0 Å². The maximum Gasteiger partial charge on any atom is 0.262 e. The van der Waals surface area contributed by atoms with Gasteiger partial charge in [-0.25, -0.2) is 0 Å². The van der Waals surface area contributed by atoms with Crippen LogP contribution in [0.3, 0.4) is 0 Å². The summed E-state index contributed by atoms with van der Waals surface area (Å²) >= 11 is 0. The van der Waals surface area contributed by atoms with Crippen LogP contribution in [0.4, 0.5) is 5.69 Å². The van der Waals surface area contributed by atoms with E-state index in [-0.39, 0.29) is 23.7 Å². The van der Waals surface area contributed by atoms with Gasteiger partial charge < -0.3 is 15.8 Å². The lowest BCUT2D eigenvalue weighted by atomic mass is 10.1. The Hall–Kier alpha value is -3.15. The van der Waals surface area contributed by atoms with Crippen molar-refractivity contribution in [2.24, 2.45) is 5.73 Å². The van der Waals surface area contributed by atoms with E-state index in [0.717, 1.165) is 5.56 Å². The molecule has 2 amide bonds. The zero-order valence-electron chi connectivity index (χ0n) is 13.5. The molecule has 0 bridgehead atoms. The van der Waals surface area contributed by atoms with Crippen LogP contribution in [0.2, 0.25) is 0 Å². The quantitative estimate of drug-likeness (QED) is 0.796. The maximum absolute atomic E-state index is 12.0. The van der Waals surface area contributed by atoms with Crippen molar-refractivity contribution in [1.82, 2.24) is 0 Å². The van der Waals surface area contributed by atoms with E-state index in [4.69, 9.17) is 10.5 Å². The number of primary amides is 1. The van der Waals surface area contributed by atoms with Crippen LogP contribution in [0, 0.1) is 6.92 Å². The van der Waals surface area contributed by atoms with E-state index in [1.807, 2.05) is 6.92 Å². The van der Waals surface area contributed by atoms with Crippen LogP contribution >= 0.6 is 0 Å². The molecular formula is C18H18N2O4. The highest BCUT2D eigenvalue weighted by Crippen LogP contribution is 2.20. The fourth-order valence-electron chi connectivity index (χ4n) is 2.11. The molecule has 0 radical (unpaired) electrons. The van der Waals surface area contributed by atoms with Gasteiger partial charge in [0.25, 0.3) is 11.8 Å². The molecule has 0 aliphatic carbocycles. The number of hydrogen-bond donors (Lipinski definition) is 2. The predicted molar refractivity (Wildman–Crippen MR) is 90.3 cm³/mol. The van der Waals surface area contributed by atoms with Gasteiger partial charge in [-0.15, -0.1) is 0 Å². The number of benzene rings is 2. The zero-order valence-corrected chi connectivity index (χ0v) is 13.5. The Morgan fingerprint density at radius 2 is 1.88 bits per heavy atom. The van der Waals surface area contributed by atoms with Gasteiger partial charge in [-0.3, -0.25) is 14.4 Å². The minimum atomic E-state index is -0.625. The standard InChI is InChI=1S/C18H18N2O4/c1-11-6-7-15(18(19)23)16(8-11)24-10-17(22)20-14-5-3-4-13(9-14)12(2)21/h3-9H,10H2,1-2H3,(H2,19,23)(H,20,22). The summed E-state index contributed by atoms with van der Waals surface area (Å²) in [7, 11) is 0. The molecule has 2 aromatic carbocycles. The smallest absolute Gasteiger partial charge is 0.262 e. The highest BCUT2D eigenvalue weighted by molar-refractivity contribution is 5.98. The van der Waals surface area contributed by atoms with E-state index in [0.29, 0.717) is 11.3 Å². The number of Topliss-reactive ketones (excluding diaryl/α,β-unsaturated/α-hetero) is 1. The molecule has 2 rings (SSSR count). The number of nitrogens with one attached hydrogen (secondary N) is 1. The number of ketones is 1. The van der Waals surface area contributed by atoms with Gasteiger partial charge in [-0.1, -0.05) is 18.2 Å². The fraction of sp³-hybridized carbons (Fsp3) is 0.167. The highest BCUT2D eigenvalue weighted by Gasteiger charge is 2.12. The van der Waals surface area contributed by atoms with Crippen LogP contribution in [-0.4, -0.2) is 24.2 Å². The number of nitrogens with two attached hydrogens (primary N) is 1. The minimum Gasteiger partial charge on any atom is -0.483 e. The second-order valence-corrected chi connectivity index (χ2v) is 5.34. The Bertz CT molecular complexity index is 799. The first-order valence-corrected chi connectivity index (χ1v) is 7.31. The molecule has 24 heavy (non-hydrogen) atoms. The van der Waals surface area contributed by atoms with Crippen molar-refractivity contribution in [3.63, 3.8) is 0 Å². The summed E-state index contributed by atoms with van der Waals surface area (Å²) < 4.78 is 5.41. The minimum absolute atomic E-state index is 0.0896. The van der Waals surface area contributed by atoms with Crippen LogP contribution in [0.25, 0.3) is 0 Å². The van der Waals surface area contributed by atoms with Crippen molar-refractivity contribution in [3.8, 4) is 5.75 Å². The van der Waals surface area contributed by atoms with Crippen molar-refractivity contribution >= 4 is 23.3 Å². The van der Waals surface area contributed by atoms with Gasteiger partial charge in [-0.2, -0.15) is 0 Å². The molecule has 0 saturated heterocycles. The molecule has 124 valence electrons. The molecule has 6 nitrogen and oxygen atoms in total. The average molecular weight is 326 g/mol. The molecule has 3 N–H and O–H groups in total. The number of aryl methyl sites for hydroxylation is 1. The second-order valence-electron chi connectivity index (χ2n) is 5.34. The molecule has 0 unspecified atom stereocenters. The van der Waals surface area contributed by atoms with E-state index in [9.17, 15) is 14.4 Å². The normalized spacial score (nSPS) is 10.1. The molecule has 0 fully saturated rings. The number of carbonyl (C=O) groups is 3. The average Bonchev–Trinajstić information content (AvgIpc) is 2.53. The predicted octanol–water partition coefficient (Wildman–Crippen LogP) is 2.31. The van der Waals surface area contributed by atoms with Crippen LogP contribution in [0.1, 0.15) is 33.2 Å². The van der Waals surface area contributed by atoms with Crippen molar-refractivity contribution in [2.45, 2.75) is 13.8 Å². The maximum atomic E-state index is 12.0. The Morgan fingerprint density at radius 3 is 2.54 bits per heavy atom. The molecule has 0 atom stereocenters. The summed E-state index contributed by atoms with van der Waals surface area (Å²) in [6, 6.07) is 11.5. The molecule has 0 saturated carbocycles. The Balaban J connectivity index is 2.04. The number of anilines is 1. The molecule has 0 aliphatic rings. The third-order valence-electron chi connectivity index (χ3n) is 3.31. The summed E-state index contributed by atoms with van der Waals surface area (Å²) in [6.45, 7) is 3.01. The summed E-state index contributed by atoms with van der Waals surface area (Å²) in [6.07, 6.45) is 0. The number of rotatable bonds is 6. The summed E-state index contributed by atoms with van der Waals surface area (Å²) in [5.41, 5.74) is 7.38. The SMILES string of the molecule is CC(=O)c1cccc(NC(=O)COc2cc(C)ccc2C(N)=O)c1. The number of amides is 2. The van der Waals surface area contributed by atoms with Crippen LogP contribution in [0.5, 0.6) is 5.75 Å². The van der Waals surface area contributed by atoms with E-state index < -0.39 is 11.8 Å². The van der Waals surface area contributed by atoms with Gasteiger partial charge in [0.15, 0.2) is 12.4 Å². The zero-order chi connectivity index (χ0) is 17.7. The highest BCUT2D eigenvalue weighted by atomic mass is 16.5. The Morgan fingerprint density at radius 1 is 1.12 bits per heavy atom. The number of ether oxygens (including phenoxy) is 1. The van der Waals surface area contributed by atoms with Gasteiger partial charge in [0.2, 0.25) is 0 Å². The molecular weight excluding hydrogens is 308 g/mol. The van der Waals surface area contributed by atoms with Crippen LogP contribution in [0.15, 0.2) is 42.5 Å². The van der Waals surface area contributed by atoms with Gasteiger partial charge in [-0.05, 0) is 43.7 Å². The molecule has 0 aromatic heterocycles.